The molecule has 2 saturated heterocycles. The van der Waals surface area contributed by atoms with E-state index in [0.717, 1.165) is 24.1 Å². The van der Waals surface area contributed by atoms with E-state index in [9.17, 15) is 0 Å². The molecule has 0 aliphatic carbocycles. The van der Waals surface area contributed by atoms with Crippen LogP contribution in [0.4, 0.5) is 5.69 Å². The fourth-order valence-corrected chi connectivity index (χ4v) is 3.99. The molecule has 0 radical (unpaired) electrons. The number of hydrogen-bond acceptors (Lipinski definition) is 3. The van der Waals surface area contributed by atoms with Gasteiger partial charge in [-0.05, 0) is 34.0 Å². The number of nitrogens with zero attached hydrogens (tertiary/aromatic N) is 3. The summed E-state index contributed by atoms with van der Waals surface area (Å²) in [7, 11) is 0. The second kappa shape index (κ2) is 5.43. The first-order chi connectivity index (χ1) is 10.3. The van der Waals surface area contributed by atoms with Gasteiger partial charge in [-0.3, -0.25) is 9.88 Å². The third-order valence-electron chi connectivity index (χ3n) is 4.60. The molecule has 4 heteroatoms. The van der Waals surface area contributed by atoms with Crippen LogP contribution in [0.15, 0.2) is 53.3 Å². The van der Waals surface area contributed by atoms with E-state index in [1.165, 1.54) is 17.7 Å². The molecule has 2 fully saturated rings. The Morgan fingerprint density at radius 3 is 2.67 bits per heavy atom. The lowest BCUT2D eigenvalue weighted by Gasteiger charge is -2.35. The van der Waals surface area contributed by atoms with E-state index < -0.39 is 0 Å². The lowest BCUT2D eigenvalue weighted by atomic mass is 10.2. The summed E-state index contributed by atoms with van der Waals surface area (Å²) < 4.78 is 1.06. The van der Waals surface area contributed by atoms with Crippen LogP contribution < -0.4 is 4.90 Å². The maximum atomic E-state index is 4.30. The fraction of sp³-hybridized carbons (Fsp3) is 0.353. The van der Waals surface area contributed by atoms with Gasteiger partial charge in [-0.1, -0.05) is 30.3 Å². The molecular formula is C17H18BrN3. The number of benzene rings is 1. The van der Waals surface area contributed by atoms with Crippen LogP contribution in [0, 0.1) is 0 Å². The Bertz CT molecular complexity index is 631. The Morgan fingerprint density at radius 1 is 1.10 bits per heavy atom. The number of likely N-dealkylation sites (tertiary alicyclic amines) is 1. The summed E-state index contributed by atoms with van der Waals surface area (Å²) in [5.74, 6) is 0. The summed E-state index contributed by atoms with van der Waals surface area (Å²) in [5.41, 5.74) is 2.66. The minimum Gasteiger partial charge on any atom is -0.364 e. The van der Waals surface area contributed by atoms with Gasteiger partial charge in [-0.25, -0.2) is 0 Å². The maximum Gasteiger partial charge on any atom is 0.0567 e. The number of pyridine rings is 1. The van der Waals surface area contributed by atoms with Crippen LogP contribution in [0.5, 0.6) is 0 Å². The molecule has 2 aromatic rings. The highest BCUT2D eigenvalue weighted by Crippen LogP contribution is 2.35. The van der Waals surface area contributed by atoms with Gasteiger partial charge in [-0.15, -0.1) is 0 Å². The number of aromatic nitrogens is 1. The summed E-state index contributed by atoms with van der Waals surface area (Å²) in [6.07, 6.45) is 5.10. The van der Waals surface area contributed by atoms with E-state index in [4.69, 9.17) is 0 Å². The summed E-state index contributed by atoms with van der Waals surface area (Å²) in [4.78, 5) is 9.44. The van der Waals surface area contributed by atoms with Crippen molar-refractivity contribution in [3.8, 4) is 0 Å². The van der Waals surface area contributed by atoms with Crippen molar-refractivity contribution in [3.63, 3.8) is 0 Å². The summed E-state index contributed by atoms with van der Waals surface area (Å²) >= 11 is 3.52. The Kier molecular flexibility index (Phi) is 3.43. The lowest BCUT2D eigenvalue weighted by molar-refractivity contribution is 0.230. The molecule has 4 rings (SSSR count). The first-order valence-corrected chi connectivity index (χ1v) is 8.24. The maximum absolute atomic E-state index is 4.30. The number of piperazine rings is 1. The van der Waals surface area contributed by atoms with E-state index in [2.05, 4.69) is 67.1 Å². The quantitative estimate of drug-likeness (QED) is 0.852. The molecule has 0 spiro atoms. The monoisotopic (exact) mass is 343 g/mol. The smallest absolute Gasteiger partial charge is 0.0567 e. The fourth-order valence-electron chi connectivity index (χ4n) is 3.63. The van der Waals surface area contributed by atoms with Gasteiger partial charge in [-0.2, -0.15) is 0 Å². The first kappa shape index (κ1) is 13.3. The zero-order chi connectivity index (χ0) is 14.2. The van der Waals surface area contributed by atoms with Gasteiger partial charge >= 0.3 is 0 Å². The van der Waals surface area contributed by atoms with Crippen LogP contribution in [0.3, 0.4) is 0 Å². The topological polar surface area (TPSA) is 19.4 Å². The zero-order valence-corrected chi connectivity index (χ0v) is 13.4. The van der Waals surface area contributed by atoms with E-state index in [1.54, 1.807) is 0 Å². The van der Waals surface area contributed by atoms with Gasteiger partial charge in [0.15, 0.2) is 0 Å². The highest BCUT2D eigenvalue weighted by atomic mass is 79.9. The van der Waals surface area contributed by atoms with E-state index in [0.29, 0.717) is 12.1 Å². The molecule has 2 aliphatic rings. The van der Waals surface area contributed by atoms with Crippen molar-refractivity contribution in [2.24, 2.45) is 0 Å². The van der Waals surface area contributed by atoms with Gasteiger partial charge < -0.3 is 4.90 Å². The first-order valence-electron chi connectivity index (χ1n) is 7.45. The molecule has 1 aromatic heterocycles. The molecule has 2 unspecified atom stereocenters. The molecule has 0 N–H and O–H groups in total. The number of fused-ring (bicyclic) bond motifs is 2. The van der Waals surface area contributed by atoms with E-state index >= 15 is 0 Å². The molecule has 0 amide bonds. The van der Waals surface area contributed by atoms with Gasteiger partial charge in [0.05, 0.1) is 11.9 Å². The predicted octanol–water partition coefficient (Wildman–Crippen LogP) is 3.31. The van der Waals surface area contributed by atoms with Crippen molar-refractivity contribution in [3.05, 3.63) is 58.8 Å². The van der Waals surface area contributed by atoms with Crippen LogP contribution in [0.25, 0.3) is 0 Å². The molecule has 2 aliphatic heterocycles. The number of rotatable bonds is 3. The SMILES string of the molecule is Brc1cncc(N2CC3CC2CN3Cc2ccccc2)c1. The predicted molar refractivity (Wildman–Crippen MR) is 88.3 cm³/mol. The molecule has 2 bridgehead atoms. The van der Waals surface area contributed by atoms with Crippen molar-refractivity contribution in [2.75, 3.05) is 18.0 Å². The Labute approximate surface area is 133 Å². The number of halogens is 1. The normalized spacial score (nSPS) is 24.7. The van der Waals surface area contributed by atoms with Crippen LogP contribution in [0.2, 0.25) is 0 Å². The van der Waals surface area contributed by atoms with Gasteiger partial charge in [0.25, 0.3) is 0 Å². The average Bonchev–Trinajstić information content (AvgIpc) is 3.08. The standard InChI is InChI=1S/C17H18BrN3/c18-14-6-15(9-19-8-14)21-12-16-7-17(21)11-20(16)10-13-4-2-1-3-5-13/h1-6,8-9,16-17H,7,10-12H2. The molecule has 21 heavy (non-hydrogen) atoms. The van der Waals surface area contributed by atoms with Crippen LogP contribution in [0.1, 0.15) is 12.0 Å². The molecule has 108 valence electrons. The van der Waals surface area contributed by atoms with Gasteiger partial charge in [0.2, 0.25) is 0 Å². The third kappa shape index (κ3) is 2.58. The van der Waals surface area contributed by atoms with Crippen molar-refractivity contribution >= 4 is 21.6 Å². The highest BCUT2D eigenvalue weighted by Gasteiger charge is 2.43. The molecule has 1 aromatic carbocycles. The van der Waals surface area contributed by atoms with E-state index in [1.807, 2.05) is 12.4 Å². The van der Waals surface area contributed by atoms with Crippen molar-refractivity contribution in [1.29, 1.82) is 0 Å². The van der Waals surface area contributed by atoms with Gasteiger partial charge in [0, 0.05) is 42.4 Å². The summed E-state index contributed by atoms with van der Waals surface area (Å²) in [6, 6.07) is 14.3. The minimum absolute atomic E-state index is 0.634. The lowest BCUT2D eigenvalue weighted by Crippen LogP contribution is -2.46. The largest absolute Gasteiger partial charge is 0.364 e. The van der Waals surface area contributed by atoms with Crippen molar-refractivity contribution in [1.82, 2.24) is 9.88 Å². The van der Waals surface area contributed by atoms with Crippen molar-refractivity contribution in [2.45, 2.75) is 25.0 Å². The summed E-state index contributed by atoms with van der Waals surface area (Å²) in [5, 5.41) is 0. The van der Waals surface area contributed by atoms with Crippen LogP contribution in [-0.2, 0) is 6.54 Å². The van der Waals surface area contributed by atoms with Gasteiger partial charge in [0.1, 0.15) is 0 Å². The number of anilines is 1. The number of hydrogen-bond donors (Lipinski definition) is 0. The Hall–Kier alpha value is -1.39. The second-order valence-corrected chi connectivity index (χ2v) is 6.89. The minimum atomic E-state index is 0.634. The third-order valence-corrected chi connectivity index (χ3v) is 5.04. The average molecular weight is 344 g/mol. The molecular weight excluding hydrogens is 326 g/mol. The van der Waals surface area contributed by atoms with Crippen LogP contribution >= 0.6 is 15.9 Å². The molecule has 2 atom stereocenters. The molecule has 3 heterocycles. The molecule has 3 nitrogen and oxygen atoms in total. The molecule has 0 saturated carbocycles. The Balaban J connectivity index is 1.46. The zero-order valence-electron chi connectivity index (χ0n) is 11.8. The van der Waals surface area contributed by atoms with E-state index in [-0.39, 0.29) is 0 Å². The second-order valence-electron chi connectivity index (χ2n) is 5.97. The highest BCUT2D eigenvalue weighted by molar-refractivity contribution is 9.10. The van der Waals surface area contributed by atoms with Crippen LogP contribution in [-0.4, -0.2) is 35.1 Å². The Morgan fingerprint density at radius 2 is 1.95 bits per heavy atom. The summed E-state index contributed by atoms with van der Waals surface area (Å²) in [6.45, 7) is 3.36. The van der Waals surface area contributed by atoms with Crippen molar-refractivity contribution < 1.29 is 0 Å².